The molecule has 0 fully saturated rings. The fraction of sp³-hybridized carbons (Fsp3) is 0.538. The topological polar surface area (TPSA) is 57.1 Å². The van der Waals surface area contributed by atoms with Gasteiger partial charge in [-0.1, -0.05) is 19.8 Å². The van der Waals surface area contributed by atoms with Crippen molar-refractivity contribution in [2.24, 2.45) is 0 Å². The number of benzene rings is 1. The van der Waals surface area contributed by atoms with Gasteiger partial charge in [-0.2, -0.15) is 0 Å². The molecule has 3 nitrogen and oxygen atoms in total. The first kappa shape index (κ1) is 13.0. The van der Waals surface area contributed by atoms with Gasteiger partial charge < -0.3 is 15.6 Å². The molecule has 0 aromatic heterocycles. The summed E-state index contributed by atoms with van der Waals surface area (Å²) in [6.45, 7) is 3.04. The van der Waals surface area contributed by atoms with Crippen LogP contribution >= 0.6 is 0 Å². The predicted molar refractivity (Wildman–Crippen MR) is 64.2 cm³/mol. The Bertz CT molecular complexity index is 284. The highest BCUT2D eigenvalue weighted by Gasteiger charge is 2.06. The van der Waals surface area contributed by atoms with Gasteiger partial charge in [0.1, 0.15) is 11.8 Å². The van der Waals surface area contributed by atoms with Crippen LogP contribution in [0.15, 0.2) is 24.3 Å². The third-order valence-electron chi connectivity index (χ3n) is 2.59. The van der Waals surface area contributed by atoms with E-state index in [1.807, 2.05) is 24.3 Å². The number of quaternary nitrogens is 1. The van der Waals surface area contributed by atoms with Crippen molar-refractivity contribution in [2.45, 2.75) is 32.2 Å². The highest BCUT2D eigenvalue weighted by Crippen LogP contribution is 2.15. The number of aliphatic hydroxyl groups excluding tert-OH is 1. The highest BCUT2D eigenvalue weighted by molar-refractivity contribution is 5.28. The Morgan fingerprint density at radius 3 is 2.50 bits per heavy atom. The van der Waals surface area contributed by atoms with Crippen LogP contribution in [0.5, 0.6) is 5.75 Å². The maximum atomic E-state index is 8.96. The van der Waals surface area contributed by atoms with Crippen LogP contribution in [0.4, 0.5) is 0 Å². The molecular formula is C13H22NO2+. The third-order valence-corrected chi connectivity index (χ3v) is 2.59. The van der Waals surface area contributed by atoms with E-state index in [0.29, 0.717) is 0 Å². The smallest absolute Gasteiger partial charge is 0.133 e. The van der Waals surface area contributed by atoms with Gasteiger partial charge >= 0.3 is 0 Å². The quantitative estimate of drug-likeness (QED) is 0.690. The molecule has 0 heterocycles. The molecule has 1 rings (SSSR count). The fourth-order valence-corrected chi connectivity index (χ4v) is 1.48. The van der Waals surface area contributed by atoms with E-state index in [1.165, 1.54) is 12.8 Å². The lowest BCUT2D eigenvalue weighted by Crippen LogP contribution is -2.55. The summed E-state index contributed by atoms with van der Waals surface area (Å²) in [5, 5.41) is 8.96. The Morgan fingerprint density at radius 2 is 1.94 bits per heavy atom. The molecule has 0 amide bonds. The van der Waals surface area contributed by atoms with Crippen LogP contribution < -0.4 is 10.5 Å². The van der Waals surface area contributed by atoms with Crippen LogP contribution in [-0.2, 0) is 0 Å². The molecule has 4 N–H and O–H groups in total. The molecule has 1 aromatic rings. The maximum absolute atomic E-state index is 8.96. The zero-order chi connectivity index (χ0) is 11.8. The minimum absolute atomic E-state index is 0.0471. The van der Waals surface area contributed by atoms with Gasteiger partial charge in [-0.15, -0.1) is 0 Å². The van der Waals surface area contributed by atoms with E-state index in [0.717, 1.165) is 24.3 Å². The van der Waals surface area contributed by atoms with Crippen molar-refractivity contribution < 1.29 is 15.6 Å². The third kappa shape index (κ3) is 4.21. The normalized spacial score (nSPS) is 12.4. The second-order valence-electron chi connectivity index (χ2n) is 4.00. The maximum Gasteiger partial charge on any atom is 0.133 e. The number of hydrogen-bond donors (Lipinski definition) is 2. The summed E-state index contributed by atoms with van der Waals surface area (Å²) in [6.07, 6.45) is 3.53. The van der Waals surface area contributed by atoms with Crippen molar-refractivity contribution in [3.8, 4) is 5.75 Å². The fourth-order valence-electron chi connectivity index (χ4n) is 1.48. The first-order valence-electron chi connectivity index (χ1n) is 5.94. The summed E-state index contributed by atoms with van der Waals surface area (Å²) in [5.74, 6) is 0.894. The lowest BCUT2D eigenvalue weighted by Gasteiger charge is -2.08. The van der Waals surface area contributed by atoms with E-state index in [4.69, 9.17) is 9.84 Å². The van der Waals surface area contributed by atoms with Crippen LogP contribution in [0.1, 0.15) is 37.8 Å². The molecular weight excluding hydrogens is 202 g/mol. The van der Waals surface area contributed by atoms with Crippen LogP contribution in [0.25, 0.3) is 0 Å². The minimum Gasteiger partial charge on any atom is -0.494 e. The van der Waals surface area contributed by atoms with Gasteiger partial charge in [0.2, 0.25) is 0 Å². The molecule has 0 aliphatic carbocycles. The van der Waals surface area contributed by atoms with Crippen molar-refractivity contribution in [3.05, 3.63) is 29.8 Å². The van der Waals surface area contributed by atoms with Crippen LogP contribution in [0.2, 0.25) is 0 Å². The molecule has 0 saturated heterocycles. The first-order chi connectivity index (χ1) is 7.77. The number of aliphatic hydroxyl groups is 1. The van der Waals surface area contributed by atoms with Gasteiger partial charge in [-0.3, -0.25) is 0 Å². The van der Waals surface area contributed by atoms with E-state index in [-0.39, 0.29) is 12.6 Å². The molecule has 16 heavy (non-hydrogen) atoms. The summed E-state index contributed by atoms with van der Waals surface area (Å²) in [7, 11) is 0. The lowest BCUT2D eigenvalue weighted by atomic mass is 10.1. The van der Waals surface area contributed by atoms with Crippen molar-refractivity contribution in [2.75, 3.05) is 13.2 Å². The molecule has 0 saturated carbocycles. The zero-order valence-corrected chi connectivity index (χ0v) is 9.98. The van der Waals surface area contributed by atoms with E-state index in [9.17, 15) is 0 Å². The SMILES string of the molecule is CCCCCOc1ccc([C@@H]([NH3+])CO)cc1. The Morgan fingerprint density at radius 1 is 1.25 bits per heavy atom. The average molecular weight is 224 g/mol. The molecule has 0 aliphatic heterocycles. The molecule has 0 unspecified atom stereocenters. The highest BCUT2D eigenvalue weighted by atomic mass is 16.5. The second kappa shape index (κ2) is 7.25. The Kier molecular flexibility index (Phi) is 5.90. The number of hydrogen-bond acceptors (Lipinski definition) is 2. The van der Waals surface area contributed by atoms with Gasteiger partial charge in [-0.05, 0) is 30.7 Å². The lowest BCUT2D eigenvalue weighted by molar-refractivity contribution is -0.432. The predicted octanol–water partition coefficient (Wildman–Crippen LogP) is 1.53. The number of rotatable bonds is 7. The van der Waals surface area contributed by atoms with E-state index < -0.39 is 0 Å². The molecule has 0 bridgehead atoms. The van der Waals surface area contributed by atoms with E-state index in [1.54, 1.807) is 0 Å². The summed E-state index contributed by atoms with van der Waals surface area (Å²) < 4.78 is 5.59. The summed E-state index contributed by atoms with van der Waals surface area (Å²) >= 11 is 0. The first-order valence-corrected chi connectivity index (χ1v) is 5.94. The second-order valence-corrected chi connectivity index (χ2v) is 4.00. The molecule has 0 spiro atoms. The Labute approximate surface area is 97.2 Å². The van der Waals surface area contributed by atoms with Crippen molar-refractivity contribution >= 4 is 0 Å². The van der Waals surface area contributed by atoms with E-state index in [2.05, 4.69) is 12.7 Å². The molecule has 90 valence electrons. The molecule has 3 heteroatoms. The summed E-state index contributed by atoms with van der Waals surface area (Å²) in [6, 6.07) is 7.75. The van der Waals surface area contributed by atoms with Crippen LogP contribution in [0.3, 0.4) is 0 Å². The Hall–Kier alpha value is -1.06. The average Bonchev–Trinajstić information content (AvgIpc) is 2.34. The summed E-state index contributed by atoms with van der Waals surface area (Å²) in [4.78, 5) is 0. The molecule has 1 atom stereocenters. The van der Waals surface area contributed by atoms with Gasteiger partial charge in [-0.25, -0.2) is 0 Å². The van der Waals surface area contributed by atoms with Crippen molar-refractivity contribution in [3.63, 3.8) is 0 Å². The van der Waals surface area contributed by atoms with Gasteiger partial charge in [0.15, 0.2) is 0 Å². The standard InChI is InChI=1S/C13H21NO2/c1-2-3-4-9-16-12-7-5-11(6-8-12)13(14)10-15/h5-8,13,15H,2-4,9-10,14H2,1H3/p+1/t13-/m0/s1. The largest absolute Gasteiger partial charge is 0.494 e. The van der Waals surface area contributed by atoms with Gasteiger partial charge in [0, 0.05) is 5.56 Å². The monoisotopic (exact) mass is 224 g/mol. The van der Waals surface area contributed by atoms with Gasteiger partial charge in [0.05, 0.1) is 13.2 Å². The molecule has 0 aliphatic rings. The number of unbranched alkanes of at least 4 members (excludes halogenated alkanes) is 2. The number of ether oxygens (including phenoxy) is 1. The zero-order valence-electron chi connectivity index (χ0n) is 9.98. The van der Waals surface area contributed by atoms with Crippen LogP contribution in [0, 0.1) is 0 Å². The minimum atomic E-state index is -0.0471. The van der Waals surface area contributed by atoms with Crippen LogP contribution in [-0.4, -0.2) is 18.3 Å². The molecule has 1 aromatic carbocycles. The molecule has 0 radical (unpaired) electrons. The van der Waals surface area contributed by atoms with E-state index >= 15 is 0 Å². The van der Waals surface area contributed by atoms with Crippen molar-refractivity contribution in [1.82, 2.24) is 0 Å². The van der Waals surface area contributed by atoms with Crippen molar-refractivity contribution in [1.29, 1.82) is 0 Å². The van der Waals surface area contributed by atoms with Gasteiger partial charge in [0.25, 0.3) is 0 Å². The summed E-state index contributed by atoms with van der Waals surface area (Å²) in [5.41, 5.74) is 4.90. The Balaban J connectivity index is 2.39.